The summed E-state index contributed by atoms with van der Waals surface area (Å²) in [5, 5.41) is 11.6. The molecule has 0 saturated heterocycles. The fourth-order valence-corrected chi connectivity index (χ4v) is 1.62. The van der Waals surface area contributed by atoms with E-state index >= 15 is 0 Å². The number of anilines is 1. The molecule has 0 atom stereocenters. The van der Waals surface area contributed by atoms with Gasteiger partial charge in [0.1, 0.15) is 11.4 Å². The second-order valence-corrected chi connectivity index (χ2v) is 3.92. The van der Waals surface area contributed by atoms with Crippen LogP contribution in [0.25, 0.3) is 0 Å². The molecule has 2 aromatic heterocycles. The van der Waals surface area contributed by atoms with Gasteiger partial charge in [0.05, 0.1) is 10.6 Å². The predicted octanol–water partition coefficient (Wildman–Crippen LogP) is 2.08. The molecule has 2 N–H and O–H groups in total. The van der Waals surface area contributed by atoms with Gasteiger partial charge in [0.2, 0.25) is 0 Å². The molecule has 0 aliphatic rings. The van der Waals surface area contributed by atoms with Crippen molar-refractivity contribution in [3.05, 3.63) is 52.9 Å². The predicted molar refractivity (Wildman–Crippen MR) is 68.4 cm³/mol. The fourth-order valence-electron chi connectivity index (χ4n) is 1.41. The van der Waals surface area contributed by atoms with E-state index in [1.165, 1.54) is 36.8 Å². The molecule has 2 rings (SSSR count). The molecule has 0 bridgehead atoms. The number of rotatable bonds is 3. The zero-order valence-corrected chi connectivity index (χ0v) is 10.3. The number of hydrogen-bond donors (Lipinski definition) is 2. The number of carboxylic acid groups (broad SMARTS) is 1. The van der Waals surface area contributed by atoms with E-state index in [4.69, 9.17) is 16.7 Å². The number of aromatic carboxylic acids is 1. The molecule has 6 nitrogen and oxygen atoms in total. The zero-order valence-electron chi connectivity index (χ0n) is 9.50. The van der Waals surface area contributed by atoms with Crippen LogP contribution in [-0.4, -0.2) is 27.0 Å². The monoisotopic (exact) mass is 277 g/mol. The van der Waals surface area contributed by atoms with Crippen LogP contribution in [0.4, 0.5) is 5.82 Å². The van der Waals surface area contributed by atoms with Crippen LogP contribution < -0.4 is 5.32 Å². The Morgan fingerprint density at radius 1 is 1.21 bits per heavy atom. The van der Waals surface area contributed by atoms with Gasteiger partial charge in [0.15, 0.2) is 0 Å². The molecule has 7 heteroatoms. The third kappa shape index (κ3) is 2.86. The number of carboxylic acids is 1. The first-order chi connectivity index (χ1) is 9.09. The molecule has 0 saturated carbocycles. The van der Waals surface area contributed by atoms with Crippen molar-refractivity contribution in [3.63, 3.8) is 0 Å². The van der Waals surface area contributed by atoms with Crippen LogP contribution in [0, 0.1) is 0 Å². The molecule has 0 aromatic carbocycles. The number of carbonyl (C=O) groups excluding carboxylic acids is 1. The Balaban J connectivity index is 2.30. The van der Waals surface area contributed by atoms with Gasteiger partial charge in [-0.15, -0.1) is 0 Å². The van der Waals surface area contributed by atoms with E-state index in [2.05, 4.69) is 15.3 Å². The standard InChI is InChI=1S/C12H8ClN3O3/c13-9-6-14-5-3-7(9)11(17)16-10-8(12(18)19)2-1-4-15-10/h1-6H,(H,18,19)(H,15,16,17). The fraction of sp³-hybridized carbons (Fsp3) is 0. The number of halogens is 1. The van der Waals surface area contributed by atoms with Crippen LogP contribution in [0.1, 0.15) is 20.7 Å². The normalized spacial score (nSPS) is 9.95. The summed E-state index contributed by atoms with van der Waals surface area (Å²) in [6, 6.07) is 4.25. The van der Waals surface area contributed by atoms with Crippen LogP contribution >= 0.6 is 11.6 Å². The molecule has 96 valence electrons. The minimum Gasteiger partial charge on any atom is -0.478 e. The van der Waals surface area contributed by atoms with Crippen molar-refractivity contribution < 1.29 is 14.7 Å². The Labute approximate surface area is 113 Å². The zero-order chi connectivity index (χ0) is 13.8. The Hall–Kier alpha value is -2.47. The summed E-state index contributed by atoms with van der Waals surface area (Å²) in [4.78, 5) is 30.5. The maximum Gasteiger partial charge on any atom is 0.339 e. The molecule has 0 aliphatic heterocycles. The number of hydrogen-bond acceptors (Lipinski definition) is 4. The largest absolute Gasteiger partial charge is 0.478 e. The highest BCUT2D eigenvalue weighted by molar-refractivity contribution is 6.34. The van der Waals surface area contributed by atoms with E-state index in [0.29, 0.717) is 0 Å². The summed E-state index contributed by atoms with van der Waals surface area (Å²) in [6.07, 6.45) is 4.13. The van der Waals surface area contributed by atoms with Gasteiger partial charge in [-0.25, -0.2) is 9.78 Å². The van der Waals surface area contributed by atoms with Gasteiger partial charge in [0, 0.05) is 18.6 Å². The van der Waals surface area contributed by atoms with Gasteiger partial charge < -0.3 is 10.4 Å². The minimum atomic E-state index is -1.18. The van der Waals surface area contributed by atoms with E-state index in [-0.39, 0.29) is 22.0 Å². The lowest BCUT2D eigenvalue weighted by atomic mass is 10.2. The van der Waals surface area contributed by atoms with Crippen molar-refractivity contribution in [1.82, 2.24) is 9.97 Å². The Bertz CT molecular complexity index is 646. The summed E-state index contributed by atoms with van der Waals surface area (Å²) in [5.41, 5.74) is 0.0969. The van der Waals surface area contributed by atoms with Gasteiger partial charge in [-0.2, -0.15) is 0 Å². The molecule has 0 unspecified atom stereocenters. The van der Waals surface area contributed by atoms with E-state index in [0.717, 1.165) is 0 Å². The van der Waals surface area contributed by atoms with Gasteiger partial charge in [-0.3, -0.25) is 9.78 Å². The van der Waals surface area contributed by atoms with Crippen molar-refractivity contribution in [2.24, 2.45) is 0 Å². The number of nitrogens with one attached hydrogen (secondary N) is 1. The SMILES string of the molecule is O=C(Nc1ncccc1C(=O)O)c1ccncc1Cl. The van der Waals surface area contributed by atoms with Crippen LogP contribution in [0.2, 0.25) is 5.02 Å². The first-order valence-electron chi connectivity index (χ1n) is 5.19. The molecule has 0 aliphatic carbocycles. The van der Waals surface area contributed by atoms with Crippen LogP contribution in [0.3, 0.4) is 0 Å². The summed E-state index contributed by atoms with van der Waals surface area (Å²) in [7, 11) is 0. The number of amides is 1. The Morgan fingerprint density at radius 2 is 2.00 bits per heavy atom. The first kappa shape index (κ1) is 13.0. The quantitative estimate of drug-likeness (QED) is 0.896. The lowest BCUT2D eigenvalue weighted by Crippen LogP contribution is -2.16. The lowest BCUT2D eigenvalue weighted by Gasteiger charge is -2.07. The molecule has 0 radical (unpaired) electrons. The topological polar surface area (TPSA) is 92.2 Å². The van der Waals surface area contributed by atoms with E-state index in [1.54, 1.807) is 0 Å². The summed E-state index contributed by atoms with van der Waals surface area (Å²) in [5.74, 6) is -1.76. The molecular formula is C12H8ClN3O3. The molecular weight excluding hydrogens is 270 g/mol. The van der Waals surface area contributed by atoms with Gasteiger partial charge in [-0.05, 0) is 18.2 Å². The highest BCUT2D eigenvalue weighted by Crippen LogP contribution is 2.17. The van der Waals surface area contributed by atoms with Crippen molar-refractivity contribution in [2.75, 3.05) is 5.32 Å². The van der Waals surface area contributed by atoms with E-state index < -0.39 is 11.9 Å². The van der Waals surface area contributed by atoms with Gasteiger partial charge in [0.25, 0.3) is 5.91 Å². The highest BCUT2D eigenvalue weighted by Gasteiger charge is 2.15. The average molecular weight is 278 g/mol. The first-order valence-corrected chi connectivity index (χ1v) is 5.56. The van der Waals surface area contributed by atoms with Crippen molar-refractivity contribution in [1.29, 1.82) is 0 Å². The van der Waals surface area contributed by atoms with E-state index in [9.17, 15) is 9.59 Å². The molecule has 0 spiro atoms. The number of nitrogens with zero attached hydrogens (tertiary/aromatic N) is 2. The minimum absolute atomic E-state index is 0.0344. The van der Waals surface area contributed by atoms with Crippen LogP contribution in [0.15, 0.2) is 36.8 Å². The average Bonchev–Trinajstić information content (AvgIpc) is 2.39. The molecule has 19 heavy (non-hydrogen) atoms. The number of pyridine rings is 2. The lowest BCUT2D eigenvalue weighted by molar-refractivity contribution is 0.0697. The maximum absolute atomic E-state index is 12.0. The highest BCUT2D eigenvalue weighted by atomic mass is 35.5. The Morgan fingerprint density at radius 3 is 2.68 bits per heavy atom. The van der Waals surface area contributed by atoms with Crippen molar-refractivity contribution in [3.8, 4) is 0 Å². The third-order valence-electron chi connectivity index (χ3n) is 2.29. The van der Waals surface area contributed by atoms with E-state index in [1.807, 2.05) is 0 Å². The van der Waals surface area contributed by atoms with Gasteiger partial charge >= 0.3 is 5.97 Å². The third-order valence-corrected chi connectivity index (χ3v) is 2.59. The molecule has 0 fully saturated rings. The molecule has 1 amide bonds. The maximum atomic E-state index is 12.0. The Kier molecular flexibility index (Phi) is 3.72. The summed E-state index contributed by atoms with van der Waals surface area (Å²) < 4.78 is 0. The van der Waals surface area contributed by atoms with Gasteiger partial charge in [-0.1, -0.05) is 11.6 Å². The molecule has 2 heterocycles. The summed E-state index contributed by atoms with van der Waals surface area (Å²) >= 11 is 5.83. The second kappa shape index (κ2) is 5.45. The number of carbonyl (C=O) groups is 2. The second-order valence-electron chi connectivity index (χ2n) is 3.51. The summed E-state index contributed by atoms with van der Waals surface area (Å²) in [6.45, 7) is 0. The van der Waals surface area contributed by atoms with Crippen LogP contribution in [0.5, 0.6) is 0 Å². The van der Waals surface area contributed by atoms with Crippen molar-refractivity contribution in [2.45, 2.75) is 0 Å². The molecule has 2 aromatic rings. The number of aromatic nitrogens is 2. The van der Waals surface area contributed by atoms with Crippen molar-refractivity contribution >= 4 is 29.3 Å². The smallest absolute Gasteiger partial charge is 0.339 e. The van der Waals surface area contributed by atoms with Crippen LogP contribution in [-0.2, 0) is 0 Å².